The van der Waals surface area contributed by atoms with Gasteiger partial charge < -0.3 is 23.7 Å². The van der Waals surface area contributed by atoms with Crippen LogP contribution in [0.15, 0.2) is 83.8 Å². The summed E-state index contributed by atoms with van der Waals surface area (Å²) in [7, 11) is 1.60. The Morgan fingerprint density at radius 3 is 2.12 bits per heavy atom. The summed E-state index contributed by atoms with van der Waals surface area (Å²) in [6.07, 6.45) is 29.6. The van der Waals surface area contributed by atoms with Crippen LogP contribution in [0.25, 0.3) is 0 Å². The standard InChI is InChI=1S/C49H76O6S/c1-6-7-8-9-10-13-17-20-26-31-47(56-43-34-32-41(2)33-35-43)48-46(54-49(3,4)55-48)37-36-44(50)45(53-40-51-5)30-25-19-16-14-11-12-15-18-21-27-38-52-39-42-28-23-22-24-29-42/h20,22-24,26,28-29,32-37,45-48H,6-19,21,25,27,30-31,38-40H2,1-5H3/b26-20+,37-36+/t45-,46-,47?,48+/m1/s1. The van der Waals surface area contributed by atoms with Crippen LogP contribution in [0.3, 0.4) is 0 Å². The maximum atomic E-state index is 13.5. The average Bonchev–Trinajstić information content (AvgIpc) is 3.51. The number of unbranched alkanes of at least 4 members (excludes halogenated alkanes) is 15. The van der Waals surface area contributed by atoms with Gasteiger partial charge in [-0.25, -0.2) is 0 Å². The molecule has 0 aliphatic carbocycles. The summed E-state index contributed by atoms with van der Waals surface area (Å²) in [5.41, 5.74) is 2.49. The summed E-state index contributed by atoms with van der Waals surface area (Å²) in [5.74, 6) is -0.790. The molecule has 3 rings (SSSR count). The molecule has 1 aliphatic heterocycles. The normalized spacial score (nSPS) is 17.9. The largest absolute Gasteiger partial charge is 0.377 e. The molecule has 1 heterocycles. The lowest BCUT2D eigenvalue weighted by molar-refractivity contribution is -0.143. The smallest absolute Gasteiger partial charge is 0.184 e. The van der Waals surface area contributed by atoms with E-state index in [2.05, 4.69) is 74.5 Å². The first kappa shape index (κ1) is 48.1. The van der Waals surface area contributed by atoms with Crippen molar-refractivity contribution in [2.75, 3.05) is 20.5 Å². The number of aryl methyl sites for hydroxylation is 1. The second-order valence-electron chi connectivity index (χ2n) is 16.0. The van der Waals surface area contributed by atoms with Crippen LogP contribution in [-0.2, 0) is 35.1 Å². The third-order valence-electron chi connectivity index (χ3n) is 10.4. The van der Waals surface area contributed by atoms with Crippen molar-refractivity contribution in [3.05, 3.63) is 90.0 Å². The second kappa shape index (κ2) is 29.9. The van der Waals surface area contributed by atoms with E-state index in [-0.39, 0.29) is 30.0 Å². The number of rotatable bonds is 33. The lowest BCUT2D eigenvalue weighted by atomic mass is 10.0. The van der Waals surface area contributed by atoms with E-state index >= 15 is 0 Å². The zero-order chi connectivity index (χ0) is 40.1. The summed E-state index contributed by atoms with van der Waals surface area (Å²) >= 11 is 1.83. The van der Waals surface area contributed by atoms with E-state index in [1.54, 1.807) is 13.2 Å². The Hall–Kier alpha value is -2.26. The molecule has 0 radical (unpaired) electrons. The first-order valence-electron chi connectivity index (χ1n) is 22.0. The molecule has 0 aromatic heterocycles. The molecule has 314 valence electrons. The maximum absolute atomic E-state index is 13.5. The molecule has 1 unspecified atom stereocenters. The van der Waals surface area contributed by atoms with Gasteiger partial charge in [0.25, 0.3) is 0 Å². The van der Waals surface area contributed by atoms with Crippen molar-refractivity contribution in [3.8, 4) is 0 Å². The minimum Gasteiger partial charge on any atom is -0.377 e. The Labute approximate surface area is 345 Å². The van der Waals surface area contributed by atoms with Gasteiger partial charge in [0.05, 0.1) is 6.61 Å². The van der Waals surface area contributed by atoms with E-state index in [1.165, 1.54) is 99.5 Å². The van der Waals surface area contributed by atoms with Gasteiger partial charge in [-0.2, -0.15) is 0 Å². The monoisotopic (exact) mass is 793 g/mol. The van der Waals surface area contributed by atoms with Crippen LogP contribution in [0.4, 0.5) is 0 Å². The van der Waals surface area contributed by atoms with Crippen molar-refractivity contribution in [2.45, 2.75) is 191 Å². The molecular weight excluding hydrogens is 717 g/mol. The van der Waals surface area contributed by atoms with Crippen LogP contribution in [0.5, 0.6) is 0 Å². The van der Waals surface area contributed by atoms with Gasteiger partial charge in [-0.1, -0.05) is 157 Å². The topological polar surface area (TPSA) is 63.2 Å². The summed E-state index contributed by atoms with van der Waals surface area (Å²) in [6, 6.07) is 19.1. The molecule has 0 saturated carbocycles. The van der Waals surface area contributed by atoms with E-state index in [1.807, 2.05) is 37.8 Å². The van der Waals surface area contributed by atoms with Gasteiger partial charge in [0.1, 0.15) is 25.1 Å². The van der Waals surface area contributed by atoms with Gasteiger partial charge in [0, 0.05) is 23.9 Å². The van der Waals surface area contributed by atoms with Crippen LogP contribution in [0.2, 0.25) is 0 Å². The van der Waals surface area contributed by atoms with Crippen LogP contribution in [-0.4, -0.2) is 55.6 Å². The lowest BCUT2D eigenvalue weighted by Crippen LogP contribution is -2.32. The number of ether oxygens (including phenoxy) is 5. The SMILES string of the molecule is CCCCCCCC/C=C/CC(Sc1ccc(C)cc1)[C@H]1OC(C)(C)O[C@@H]1/C=C/C(=O)[C@@H](CCCCCCCCCCCCOCc1ccccc1)OCOC. The molecule has 1 fully saturated rings. The molecule has 6 nitrogen and oxygen atoms in total. The number of carbonyl (C=O) groups excluding carboxylic acids is 1. The van der Waals surface area contributed by atoms with Crippen LogP contribution in [0, 0.1) is 6.92 Å². The van der Waals surface area contributed by atoms with Gasteiger partial charge in [-0.15, -0.1) is 11.8 Å². The van der Waals surface area contributed by atoms with Gasteiger partial charge in [-0.05, 0) is 82.7 Å². The fraction of sp³-hybridized carbons (Fsp3) is 0.653. The molecule has 0 amide bonds. The fourth-order valence-corrected chi connectivity index (χ4v) is 8.35. The second-order valence-corrected chi connectivity index (χ2v) is 17.3. The van der Waals surface area contributed by atoms with Crippen LogP contribution < -0.4 is 0 Å². The van der Waals surface area contributed by atoms with Crippen LogP contribution >= 0.6 is 11.8 Å². The van der Waals surface area contributed by atoms with Gasteiger partial charge >= 0.3 is 0 Å². The highest BCUT2D eigenvalue weighted by Crippen LogP contribution is 2.39. The van der Waals surface area contributed by atoms with Crippen LogP contribution in [0.1, 0.15) is 154 Å². The Balaban J connectivity index is 1.42. The van der Waals surface area contributed by atoms with Gasteiger partial charge in [0.2, 0.25) is 0 Å². The Morgan fingerprint density at radius 1 is 0.804 bits per heavy atom. The number of carbonyl (C=O) groups is 1. The molecule has 2 aromatic carbocycles. The number of ketones is 1. The Kier molecular flexibility index (Phi) is 25.7. The Morgan fingerprint density at radius 2 is 1.45 bits per heavy atom. The summed E-state index contributed by atoms with van der Waals surface area (Å²) in [4.78, 5) is 14.8. The summed E-state index contributed by atoms with van der Waals surface area (Å²) < 4.78 is 29.9. The molecule has 1 saturated heterocycles. The van der Waals surface area contributed by atoms with E-state index in [0.29, 0.717) is 13.0 Å². The molecule has 7 heteroatoms. The van der Waals surface area contributed by atoms with E-state index < -0.39 is 11.9 Å². The minimum absolute atomic E-state index is 0.0406. The van der Waals surface area contributed by atoms with Crippen molar-refractivity contribution >= 4 is 17.5 Å². The lowest BCUT2D eigenvalue weighted by Gasteiger charge is -2.25. The average molecular weight is 793 g/mol. The zero-order valence-electron chi connectivity index (χ0n) is 35.7. The predicted molar refractivity (Wildman–Crippen MR) is 234 cm³/mol. The quantitative estimate of drug-likeness (QED) is 0.0234. The van der Waals surface area contributed by atoms with E-state index in [0.717, 1.165) is 38.7 Å². The summed E-state index contributed by atoms with van der Waals surface area (Å²) in [6.45, 7) is 9.96. The number of methoxy groups -OCH3 is 1. The highest BCUT2D eigenvalue weighted by atomic mass is 32.2. The predicted octanol–water partition coefficient (Wildman–Crippen LogP) is 13.3. The van der Waals surface area contributed by atoms with Gasteiger partial charge in [0.15, 0.2) is 11.6 Å². The molecule has 0 spiro atoms. The number of hydrogen-bond donors (Lipinski definition) is 0. The highest BCUT2D eigenvalue weighted by Gasteiger charge is 2.44. The fourth-order valence-electron chi connectivity index (χ4n) is 7.15. The zero-order valence-corrected chi connectivity index (χ0v) is 36.5. The number of benzene rings is 2. The molecule has 1 aliphatic rings. The first-order valence-corrected chi connectivity index (χ1v) is 22.9. The van der Waals surface area contributed by atoms with Crippen molar-refractivity contribution in [1.82, 2.24) is 0 Å². The van der Waals surface area contributed by atoms with Crippen molar-refractivity contribution < 1.29 is 28.5 Å². The molecule has 0 N–H and O–H groups in total. The van der Waals surface area contributed by atoms with Crippen molar-refractivity contribution in [2.24, 2.45) is 0 Å². The minimum atomic E-state index is -0.749. The highest BCUT2D eigenvalue weighted by molar-refractivity contribution is 8.00. The van der Waals surface area contributed by atoms with Crippen molar-refractivity contribution in [1.29, 1.82) is 0 Å². The maximum Gasteiger partial charge on any atom is 0.184 e. The van der Waals surface area contributed by atoms with Crippen molar-refractivity contribution in [3.63, 3.8) is 0 Å². The molecule has 56 heavy (non-hydrogen) atoms. The molecule has 2 aromatic rings. The number of hydrogen-bond acceptors (Lipinski definition) is 7. The third kappa shape index (κ3) is 21.5. The number of thioether (sulfide) groups is 1. The Bertz CT molecular complexity index is 1330. The molecule has 0 bridgehead atoms. The third-order valence-corrected chi connectivity index (χ3v) is 11.7. The summed E-state index contributed by atoms with van der Waals surface area (Å²) in [5, 5.41) is 0.121. The van der Waals surface area contributed by atoms with Gasteiger partial charge in [-0.3, -0.25) is 4.79 Å². The molecule has 4 atom stereocenters. The van der Waals surface area contributed by atoms with E-state index in [9.17, 15) is 4.79 Å². The molecular formula is C49H76O6S. The first-order chi connectivity index (χ1) is 27.3. The van der Waals surface area contributed by atoms with E-state index in [4.69, 9.17) is 23.7 Å². The number of allylic oxidation sites excluding steroid dienone is 2.